The molecule has 0 radical (unpaired) electrons. The van der Waals surface area contributed by atoms with Crippen LogP contribution >= 0.6 is 22.9 Å². The van der Waals surface area contributed by atoms with Gasteiger partial charge in [0.1, 0.15) is 5.00 Å². The van der Waals surface area contributed by atoms with Gasteiger partial charge in [-0.15, -0.1) is 11.3 Å². The van der Waals surface area contributed by atoms with Gasteiger partial charge in [-0.2, -0.15) is 0 Å². The van der Waals surface area contributed by atoms with Crippen LogP contribution in [-0.2, 0) is 4.79 Å². The first-order valence-corrected chi connectivity index (χ1v) is 7.53. The second-order valence-corrected chi connectivity index (χ2v) is 6.24. The monoisotopic (exact) mass is 322 g/mol. The van der Waals surface area contributed by atoms with Gasteiger partial charge in [-0.1, -0.05) is 11.6 Å². The summed E-state index contributed by atoms with van der Waals surface area (Å²) in [5.74, 6) is -0.456. The highest BCUT2D eigenvalue weighted by atomic mass is 35.5. The summed E-state index contributed by atoms with van der Waals surface area (Å²) in [6, 6.07) is 6.68. The van der Waals surface area contributed by atoms with E-state index in [2.05, 4.69) is 5.32 Å². The van der Waals surface area contributed by atoms with E-state index < -0.39 is 0 Å². The molecule has 3 N–H and O–H groups in total. The zero-order chi connectivity index (χ0) is 15.6. The molecule has 2 aromatic rings. The van der Waals surface area contributed by atoms with Crippen LogP contribution in [0.1, 0.15) is 26.4 Å². The molecule has 0 spiro atoms. The van der Waals surface area contributed by atoms with Crippen LogP contribution in [0.25, 0.3) is 0 Å². The fourth-order valence-corrected chi connectivity index (χ4v) is 3.11. The number of ketones is 1. The summed E-state index contributed by atoms with van der Waals surface area (Å²) in [6.45, 7) is 3.66. The molecule has 0 bridgehead atoms. The minimum atomic E-state index is -0.318. The highest BCUT2D eigenvalue weighted by molar-refractivity contribution is 7.16. The number of thiophene rings is 1. The van der Waals surface area contributed by atoms with Crippen LogP contribution in [0.4, 0.5) is 5.00 Å². The van der Waals surface area contributed by atoms with Crippen molar-refractivity contribution in [3.8, 4) is 0 Å². The molecule has 0 unspecified atom stereocenters. The minimum absolute atomic E-state index is 0.120. The number of hydrogen-bond donors (Lipinski definition) is 2. The SMILES string of the molecule is Cc1sc(NC(=O)CN)c(C(=O)c2ccc(Cl)cc2)c1C. The third-order valence-corrected chi connectivity index (χ3v) is 4.53. The Bertz CT molecular complexity index is 692. The molecule has 0 aliphatic rings. The molecular weight excluding hydrogens is 308 g/mol. The van der Waals surface area contributed by atoms with Crippen molar-refractivity contribution in [1.82, 2.24) is 0 Å². The summed E-state index contributed by atoms with van der Waals surface area (Å²) in [7, 11) is 0. The van der Waals surface area contributed by atoms with E-state index in [-0.39, 0.29) is 18.2 Å². The van der Waals surface area contributed by atoms with Gasteiger partial charge in [-0.05, 0) is 43.7 Å². The van der Waals surface area contributed by atoms with Crippen molar-refractivity contribution in [2.45, 2.75) is 13.8 Å². The number of nitrogens with two attached hydrogens (primary N) is 1. The maximum Gasteiger partial charge on any atom is 0.238 e. The standard InChI is InChI=1S/C15H15ClN2O2S/c1-8-9(2)21-15(18-12(19)7-17)13(8)14(20)10-3-5-11(16)6-4-10/h3-6H,7,17H2,1-2H3,(H,18,19). The lowest BCUT2D eigenvalue weighted by molar-refractivity contribution is -0.114. The van der Waals surface area contributed by atoms with Crippen molar-refractivity contribution in [3.05, 3.63) is 50.9 Å². The molecule has 1 amide bonds. The van der Waals surface area contributed by atoms with Gasteiger partial charge in [0.25, 0.3) is 0 Å². The fraction of sp³-hybridized carbons (Fsp3) is 0.200. The Morgan fingerprint density at radius 2 is 1.86 bits per heavy atom. The molecule has 0 aliphatic heterocycles. The van der Waals surface area contributed by atoms with Gasteiger partial charge in [-0.3, -0.25) is 9.59 Å². The fourth-order valence-electron chi connectivity index (χ4n) is 1.91. The highest BCUT2D eigenvalue weighted by Crippen LogP contribution is 2.34. The molecule has 1 aromatic carbocycles. The number of rotatable bonds is 4. The molecular formula is C15H15ClN2O2S. The van der Waals surface area contributed by atoms with Crippen LogP contribution in [0.2, 0.25) is 5.02 Å². The smallest absolute Gasteiger partial charge is 0.238 e. The van der Waals surface area contributed by atoms with Crippen molar-refractivity contribution >= 4 is 39.6 Å². The third kappa shape index (κ3) is 3.32. The maximum absolute atomic E-state index is 12.7. The number of benzene rings is 1. The van der Waals surface area contributed by atoms with Crippen molar-refractivity contribution < 1.29 is 9.59 Å². The van der Waals surface area contributed by atoms with Gasteiger partial charge in [0.2, 0.25) is 5.91 Å². The molecule has 21 heavy (non-hydrogen) atoms. The first kappa shape index (κ1) is 15.7. The van der Waals surface area contributed by atoms with E-state index in [0.717, 1.165) is 10.4 Å². The van der Waals surface area contributed by atoms with Gasteiger partial charge in [0.15, 0.2) is 5.78 Å². The lowest BCUT2D eigenvalue weighted by Crippen LogP contribution is -2.22. The average Bonchev–Trinajstić information content (AvgIpc) is 2.73. The Labute approximate surface area is 131 Å². The molecule has 1 heterocycles. The number of aryl methyl sites for hydroxylation is 1. The zero-order valence-corrected chi connectivity index (χ0v) is 13.3. The maximum atomic E-state index is 12.7. The van der Waals surface area contributed by atoms with E-state index in [4.69, 9.17) is 17.3 Å². The number of halogens is 1. The Kier molecular flexibility index (Phi) is 4.77. The van der Waals surface area contributed by atoms with Crippen LogP contribution in [0, 0.1) is 13.8 Å². The predicted molar refractivity (Wildman–Crippen MR) is 86.4 cm³/mol. The number of carbonyl (C=O) groups is 2. The van der Waals surface area contributed by atoms with E-state index in [1.165, 1.54) is 11.3 Å². The van der Waals surface area contributed by atoms with Gasteiger partial charge in [-0.25, -0.2) is 0 Å². The van der Waals surface area contributed by atoms with Crippen LogP contribution in [0.15, 0.2) is 24.3 Å². The largest absolute Gasteiger partial charge is 0.322 e. The third-order valence-electron chi connectivity index (χ3n) is 3.16. The molecule has 0 atom stereocenters. The zero-order valence-electron chi connectivity index (χ0n) is 11.7. The van der Waals surface area contributed by atoms with Crippen LogP contribution < -0.4 is 11.1 Å². The molecule has 0 saturated carbocycles. The lowest BCUT2D eigenvalue weighted by Gasteiger charge is -2.06. The second kappa shape index (κ2) is 6.39. The van der Waals surface area contributed by atoms with Gasteiger partial charge in [0, 0.05) is 15.5 Å². The molecule has 2 rings (SSSR count). The van der Waals surface area contributed by atoms with Crippen LogP contribution in [-0.4, -0.2) is 18.2 Å². The number of amides is 1. The molecule has 0 saturated heterocycles. The topological polar surface area (TPSA) is 72.2 Å². The van der Waals surface area contributed by atoms with Gasteiger partial charge >= 0.3 is 0 Å². The molecule has 1 aromatic heterocycles. The molecule has 0 aliphatic carbocycles. The first-order chi connectivity index (χ1) is 9.93. The Balaban J connectivity index is 2.44. The number of carbonyl (C=O) groups excluding carboxylic acids is 2. The Hall–Kier alpha value is -1.69. The molecule has 0 fully saturated rings. The number of nitrogens with one attached hydrogen (secondary N) is 1. The summed E-state index contributed by atoms with van der Waals surface area (Å²) >= 11 is 7.21. The molecule has 6 heteroatoms. The number of hydrogen-bond acceptors (Lipinski definition) is 4. The lowest BCUT2D eigenvalue weighted by atomic mass is 10.0. The van der Waals surface area contributed by atoms with Crippen molar-refractivity contribution in [1.29, 1.82) is 0 Å². The van der Waals surface area contributed by atoms with Gasteiger partial charge in [0.05, 0.1) is 12.1 Å². The van der Waals surface area contributed by atoms with Crippen molar-refractivity contribution in [2.75, 3.05) is 11.9 Å². The molecule has 110 valence electrons. The Morgan fingerprint density at radius 1 is 1.24 bits per heavy atom. The quantitative estimate of drug-likeness (QED) is 0.849. The Morgan fingerprint density at radius 3 is 2.43 bits per heavy atom. The highest BCUT2D eigenvalue weighted by Gasteiger charge is 2.21. The van der Waals surface area contributed by atoms with Gasteiger partial charge < -0.3 is 11.1 Å². The number of anilines is 1. The van der Waals surface area contributed by atoms with E-state index in [1.54, 1.807) is 24.3 Å². The minimum Gasteiger partial charge on any atom is -0.322 e. The second-order valence-electron chi connectivity index (χ2n) is 4.58. The van der Waals surface area contributed by atoms with E-state index >= 15 is 0 Å². The average molecular weight is 323 g/mol. The van der Waals surface area contributed by atoms with E-state index in [1.807, 2.05) is 13.8 Å². The van der Waals surface area contributed by atoms with Crippen molar-refractivity contribution in [2.24, 2.45) is 5.73 Å². The van der Waals surface area contributed by atoms with E-state index in [0.29, 0.717) is 21.2 Å². The normalized spacial score (nSPS) is 10.5. The summed E-state index contributed by atoms with van der Waals surface area (Å²) in [6.07, 6.45) is 0. The van der Waals surface area contributed by atoms with Crippen LogP contribution in [0.3, 0.4) is 0 Å². The van der Waals surface area contributed by atoms with Crippen molar-refractivity contribution in [3.63, 3.8) is 0 Å². The summed E-state index contributed by atoms with van der Waals surface area (Å²) < 4.78 is 0. The molecule has 4 nitrogen and oxygen atoms in total. The van der Waals surface area contributed by atoms with Crippen LogP contribution in [0.5, 0.6) is 0 Å². The first-order valence-electron chi connectivity index (χ1n) is 6.34. The summed E-state index contributed by atoms with van der Waals surface area (Å²) in [4.78, 5) is 25.1. The summed E-state index contributed by atoms with van der Waals surface area (Å²) in [5.41, 5.74) is 7.23. The summed E-state index contributed by atoms with van der Waals surface area (Å²) in [5, 5.41) is 3.80. The van der Waals surface area contributed by atoms with E-state index in [9.17, 15) is 9.59 Å². The predicted octanol–water partition coefficient (Wildman–Crippen LogP) is 3.15.